The molecule has 0 aliphatic rings. The van der Waals surface area contributed by atoms with Crippen LogP contribution in [0.4, 0.5) is 0 Å². The highest BCUT2D eigenvalue weighted by atomic mass is 16.5. The summed E-state index contributed by atoms with van der Waals surface area (Å²) in [5.74, 6) is 0.931. The third-order valence-electron chi connectivity index (χ3n) is 3.88. The summed E-state index contributed by atoms with van der Waals surface area (Å²) in [4.78, 5) is 0. The summed E-state index contributed by atoms with van der Waals surface area (Å²) in [5.41, 5.74) is 5.33. The van der Waals surface area contributed by atoms with Crippen molar-refractivity contribution in [3.05, 3.63) is 64.7 Å². The molecule has 1 N–H and O–H groups in total. The summed E-state index contributed by atoms with van der Waals surface area (Å²) in [5, 5.41) is 3.52. The molecule has 0 fully saturated rings. The molecule has 0 aliphatic heterocycles. The molecule has 0 spiro atoms. The summed E-state index contributed by atoms with van der Waals surface area (Å²) >= 11 is 0. The summed E-state index contributed by atoms with van der Waals surface area (Å²) in [6.07, 6.45) is 0. The van der Waals surface area contributed by atoms with Crippen LogP contribution in [-0.4, -0.2) is 12.6 Å². The van der Waals surface area contributed by atoms with Gasteiger partial charge >= 0.3 is 0 Å². The molecule has 0 aliphatic carbocycles. The molecular formula is C19H25NO. The molecule has 1 unspecified atom stereocenters. The summed E-state index contributed by atoms with van der Waals surface area (Å²) in [6.45, 7) is 10.1. The number of benzene rings is 2. The highest BCUT2D eigenvalue weighted by molar-refractivity contribution is 5.33. The summed E-state index contributed by atoms with van der Waals surface area (Å²) in [7, 11) is 0. The van der Waals surface area contributed by atoms with Crippen LogP contribution in [0.3, 0.4) is 0 Å². The smallest absolute Gasteiger partial charge is 0.119 e. The van der Waals surface area contributed by atoms with E-state index in [1.54, 1.807) is 0 Å². The van der Waals surface area contributed by atoms with Crippen LogP contribution in [0, 0.1) is 20.8 Å². The fraction of sp³-hybridized carbons (Fsp3) is 0.368. The molecule has 0 amide bonds. The topological polar surface area (TPSA) is 21.3 Å². The van der Waals surface area contributed by atoms with E-state index in [0.29, 0.717) is 12.6 Å². The molecule has 112 valence electrons. The molecule has 0 saturated carbocycles. The van der Waals surface area contributed by atoms with E-state index in [0.717, 1.165) is 12.3 Å². The molecule has 0 aromatic heterocycles. The van der Waals surface area contributed by atoms with E-state index >= 15 is 0 Å². The van der Waals surface area contributed by atoms with Crippen molar-refractivity contribution in [1.29, 1.82) is 0 Å². The van der Waals surface area contributed by atoms with Gasteiger partial charge in [-0.15, -0.1) is 0 Å². The van der Waals surface area contributed by atoms with E-state index in [1.807, 2.05) is 12.1 Å². The van der Waals surface area contributed by atoms with Gasteiger partial charge in [-0.3, -0.25) is 0 Å². The van der Waals surface area contributed by atoms with Crippen molar-refractivity contribution in [3.8, 4) is 5.75 Å². The highest BCUT2D eigenvalue weighted by Gasteiger charge is 2.05. The molecule has 2 aromatic carbocycles. The maximum Gasteiger partial charge on any atom is 0.119 e. The zero-order valence-corrected chi connectivity index (χ0v) is 13.4. The largest absolute Gasteiger partial charge is 0.492 e. The Morgan fingerprint density at radius 3 is 2.43 bits per heavy atom. The average molecular weight is 283 g/mol. The van der Waals surface area contributed by atoms with Crippen LogP contribution in [0.15, 0.2) is 42.5 Å². The van der Waals surface area contributed by atoms with Crippen molar-refractivity contribution in [2.45, 2.75) is 40.3 Å². The minimum absolute atomic E-state index is 0.311. The average Bonchev–Trinajstić information content (AvgIpc) is 2.48. The second-order valence-electron chi connectivity index (χ2n) is 5.77. The van der Waals surface area contributed by atoms with Crippen LogP contribution in [0.2, 0.25) is 0 Å². The lowest BCUT2D eigenvalue weighted by Gasteiger charge is -2.16. The molecule has 0 saturated heterocycles. The Labute approximate surface area is 128 Å². The molecule has 0 bridgehead atoms. The van der Waals surface area contributed by atoms with E-state index < -0.39 is 0 Å². The van der Waals surface area contributed by atoms with Gasteiger partial charge in [-0.05, 0) is 56.5 Å². The zero-order chi connectivity index (χ0) is 15.2. The minimum Gasteiger partial charge on any atom is -0.492 e. The van der Waals surface area contributed by atoms with Crippen molar-refractivity contribution in [2.24, 2.45) is 0 Å². The van der Waals surface area contributed by atoms with Gasteiger partial charge in [0, 0.05) is 12.6 Å². The van der Waals surface area contributed by atoms with Crippen LogP contribution in [-0.2, 0) is 6.54 Å². The molecular weight excluding hydrogens is 258 g/mol. The third kappa shape index (κ3) is 4.61. The number of aryl methyl sites for hydroxylation is 2. The number of nitrogens with one attached hydrogen (secondary N) is 1. The van der Waals surface area contributed by atoms with Crippen molar-refractivity contribution < 1.29 is 4.74 Å². The van der Waals surface area contributed by atoms with Gasteiger partial charge in [0.15, 0.2) is 0 Å². The van der Waals surface area contributed by atoms with Gasteiger partial charge in [-0.25, -0.2) is 0 Å². The first kappa shape index (κ1) is 15.6. The minimum atomic E-state index is 0.311. The Balaban J connectivity index is 1.80. The van der Waals surface area contributed by atoms with Crippen LogP contribution in [0.25, 0.3) is 0 Å². The zero-order valence-electron chi connectivity index (χ0n) is 13.4. The van der Waals surface area contributed by atoms with Gasteiger partial charge in [-0.1, -0.05) is 35.9 Å². The van der Waals surface area contributed by atoms with Crippen molar-refractivity contribution in [2.75, 3.05) is 6.61 Å². The number of rotatable bonds is 6. The lowest BCUT2D eigenvalue weighted by molar-refractivity contribution is 0.272. The van der Waals surface area contributed by atoms with Crippen molar-refractivity contribution in [1.82, 2.24) is 5.32 Å². The van der Waals surface area contributed by atoms with E-state index in [1.165, 1.54) is 22.3 Å². The molecule has 0 radical (unpaired) electrons. The first-order chi connectivity index (χ1) is 10.1. The molecule has 2 rings (SSSR count). The van der Waals surface area contributed by atoms with Crippen molar-refractivity contribution in [3.63, 3.8) is 0 Å². The van der Waals surface area contributed by atoms with Crippen LogP contribution < -0.4 is 10.1 Å². The van der Waals surface area contributed by atoms with E-state index in [9.17, 15) is 0 Å². The Morgan fingerprint density at radius 1 is 1.00 bits per heavy atom. The van der Waals surface area contributed by atoms with Crippen LogP contribution in [0.5, 0.6) is 5.75 Å². The maximum atomic E-state index is 5.80. The molecule has 0 heterocycles. The third-order valence-corrected chi connectivity index (χ3v) is 3.88. The highest BCUT2D eigenvalue weighted by Crippen LogP contribution is 2.13. The first-order valence-electron chi connectivity index (χ1n) is 7.54. The standard InChI is InChI=1S/C19H25NO/c1-14-8-10-19(11-9-14)21-13-16(3)20-12-18-7-5-6-15(2)17(18)4/h5-11,16,20H,12-13H2,1-4H3. The van der Waals surface area contributed by atoms with Gasteiger partial charge in [0.1, 0.15) is 12.4 Å². The van der Waals surface area contributed by atoms with Crippen molar-refractivity contribution >= 4 is 0 Å². The Bertz CT molecular complexity index is 575. The SMILES string of the molecule is Cc1ccc(OCC(C)NCc2cccc(C)c2C)cc1. The molecule has 2 heteroatoms. The molecule has 21 heavy (non-hydrogen) atoms. The fourth-order valence-corrected chi connectivity index (χ4v) is 2.20. The number of hydrogen-bond donors (Lipinski definition) is 1. The predicted molar refractivity (Wildman–Crippen MR) is 88.9 cm³/mol. The first-order valence-corrected chi connectivity index (χ1v) is 7.54. The second-order valence-corrected chi connectivity index (χ2v) is 5.77. The lowest BCUT2D eigenvalue weighted by atomic mass is 10.0. The Kier molecular flexibility index (Phi) is 5.40. The van der Waals surface area contributed by atoms with Crippen LogP contribution >= 0.6 is 0 Å². The molecule has 2 nitrogen and oxygen atoms in total. The van der Waals surface area contributed by atoms with Gasteiger partial charge < -0.3 is 10.1 Å². The van der Waals surface area contributed by atoms with Gasteiger partial charge in [0.25, 0.3) is 0 Å². The predicted octanol–water partition coefficient (Wildman–Crippen LogP) is 4.17. The fourth-order valence-electron chi connectivity index (χ4n) is 2.20. The van der Waals surface area contributed by atoms with E-state index in [2.05, 4.69) is 63.3 Å². The van der Waals surface area contributed by atoms with Gasteiger partial charge in [0.05, 0.1) is 0 Å². The Morgan fingerprint density at radius 2 is 1.71 bits per heavy atom. The van der Waals surface area contributed by atoms with Crippen LogP contribution in [0.1, 0.15) is 29.2 Å². The second kappa shape index (κ2) is 7.28. The van der Waals surface area contributed by atoms with Gasteiger partial charge in [-0.2, -0.15) is 0 Å². The van der Waals surface area contributed by atoms with Gasteiger partial charge in [0.2, 0.25) is 0 Å². The monoisotopic (exact) mass is 283 g/mol. The molecule has 1 atom stereocenters. The summed E-state index contributed by atoms with van der Waals surface area (Å²) in [6, 6.07) is 15.0. The number of ether oxygens (including phenoxy) is 1. The number of hydrogen-bond acceptors (Lipinski definition) is 2. The quantitative estimate of drug-likeness (QED) is 0.859. The lowest BCUT2D eigenvalue weighted by Crippen LogP contribution is -2.31. The maximum absolute atomic E-state index is 5.80. The van der Waals surface area contributed by atoms with E-state index in [-0.39, 0.29) is 0 Å². The normalized spacial score (nSPS) is 12.2. The molecule has 2 aromatic rings. The summed E-state index contributed by atoms with van der Waals surface area (Å²) < 4.78 is 5.80. The Hall–Kier alpha value is -1.80. The van der Waals surface area contributed by atoms with E-state index in [4.69, 9.17) is 4.74 Å².